The van der Waals surface area contributed by atoms with E-state index in [1.54, 1.807) is 43.0 Å². The number of anilines is 1. The van der Waals surface area contributed by atoms with Crippen LogP contribution in [0.3, 0.4) is 0 Å². The van der Waals surface area contributed by atoms with Gasteiger partial charge in [-0.05, 0) is 44.5 Å². The number of nitrogens with zero attached hydrogens (tertiary/aromatic N) is 3. The van der Waals surface area contributed by atoms with Crippen LogP contribution in [-0.4, -0.2) is 83.7 Å². The Balaban J connectivity index is 1.29. The van der Waals surface area contributed by atoms with Crippen LogP contribution in [0.4, 0.5) is 5.69 Å². The molecular formula is C26H34N4O3. The molecule has 7 heteroatoms. The molecule has 2 aromatic carbocycles. The van der Waals surface area contributed by atoms with E-state index in [0.717, 1.165) is 26.2 Å². The minimum Gasteiger partial charge on any atom is -0.387 e. The molecule has 2 aliphatic heterocycles. The van der Waals surface area contributed by atoms with Crippen molar-refractivity contribution in [1.82, 2.24) is 15.1 Å². The average Bonchev–Trinajstić information content (AvgIpc) is 3.21. The molecule has 2 amide bonds. The highest BCUT2D eigenvalue weighted by Crippen LogP contribution is 2.26. The van der Waals surface area contributed by atoms with Gasteiger partial charge in [0.1, 0.15) is 5.54 Å². The van der Waals surface area contributed by atoms with Crippen molar-refractivity contribution < 1.29 is 14.7 Å². The van der Waals surface area contributed by atoms with Crippen molar-refractivity contribution in [2.75, 3.05) is 50.7 Å². The van der Waals surface area contributed by atoms with Crippen molar-refractivity contribution >= 4 is 17.5 Å². The zero-order valence-electron chi connectivity index (χ0n) is 19.5. The second kappa shape index (κ2) is 9.53. The van der Waals surface area contributed by atoms with Crippen LogP contribution in [0.2, 0.25) is 0 Å². The van der Waals surface area contributed by atoms with E-state index in [9.17, 15) is 14.7 Å². The first-order valence-corrected chi connectivity index (χ1v) is 11.7. The highest BCUT2D eigenvalue weighted by Gasteiger charge is 2.44. The number of rotatable bonds is 6. The zero-order valence-corrected chi connectivity index (χ0v) is 19.5. The molecule has 0 unspecified atom stereocenters. The molecule has 0 radical (unpaired) electrons. The topological polar surface area (TPSA) is 76.1 Å². The van der Waals surface area contributed by atoms with Gasteiger partial charge in [0.15, 0.2) is 0 Å². The van der Waals surface area contributed by atoms with Gasteiger partial charge in [-0.3, -0.25) is 14.5 Å². The van der Waals surface area contributed by atoms with Crippen molar-refractivity contribution in [1.29, 1.82) is 0 Å². The number of carbonyl (C=O) groups excluding carboxylic acids is 2. The highest BCUT2D eigenvalue weighted by atomic mass is 16.3. The SMILES string of the molecule is CC(C)(NC(=O)c1ccccc1)C(=O)N1CC[C@@](O)(CN2CCN(c3ccccc3)CC2)C1. The Morgan fingerprint density at radius 3 is 2.18 bits per heavy atom. The van der Waals surface area contributed by atoms with Crippen molar-refractivity contribution in [2.45, 2.75) is 31.4 Å². The molecule has 2 aliphatic rings. The number of benzene rings is 2. The van der Waals surface area contributed by atoms with E-state index in [2.05, 4.69) is 39.4 Å². The van der Waals surface area contributed by atoms with Crippen LogP contribution in [0.1, 0.15) is 30.6 Å². The van der Waals surface area contributed by atoms with Gasteiger partial charge in [0.2, 0.25) is 5.91 Å². The van der Waals surface area contributed by atoms with Crippen LogP contribution in [0.15, 0.2) is 60.7 Å². The number of para-hydroxylation sites is 1. The first-order valence-electron chi connectivity index (χ1n) is 11.7. The van der Waals surface area contributed by atoms with E-state index >= 15 is 0 Å². The molecule has 0 spiro atoms. The summed E-state index contributed by atoms with van der Waals surface area (Å²) in [6, 6.07) is 19.3. The number of hydrogen-bond acceptors (Lipinski definition) is 5. The molecule has 33 heavy (non-hydrogen) atoms. The lowest BCUT2D eigenvalue weighted by Crippen LogP contribution is -2.57. The van der Waals surface area contributed by atoms with Crippen LogP contribution in [0.25, 0.3) is 0 Å². The van der Waals surface area contributed by atoms with Gasteiger partial charge in [0, 0.05) is 50.5 Å². The van der Waals surface area contributed by atoms with Crippen LogP contribution in [0.5, 0.6) is 0 Å². The number of carbonyl (C=O) groups is 2. The molecule has 0 aliphatic carbocycles. The van der Waals surface area contributed by atoms with E-state index in [0.29, 0.717) is 25.1 Å². The fourth-order valence-electron chi connectivity index (χ4n) is 4.77. The Morgan fingerprint density at radius 2 is 1.55 bits per heavy atom. The van der Waals surface area contributed by atoms with Gasteiger partial charge in [-0.1, -0.05) is 36.4 Å². The Kier molecular flexibility index (Phi) is 6.72. The quantitative estimate of drug-likeness (QED) is 0.704. The summed E-state index contributed by atoms with van der Waals surface area (Å²) in [5, 5.41) is 14.1. The lowest BCUT2D eigenvalue weighted by Gasteiger charge is -2.39. The number of aliphatic hydroxyl groups is 1. The summed E-state index contributed by atoms with van der Waals surface area (Å²) in [4.78, 5) is 32.1. The van der Waals surface area contributed by atoms with Crippen molar-refractivity contribution in [3.63, 3.8) is 0 Å². The minimum atomic E-state index is -1.06. The second-order valence-electron chi connectivity index (χ2n) is 9.74. The predicted molar refractivity (Wildman–Crippen MR) is 129 cm³/mol. The third kappa shape index (κ3) is 5.54. The lowest BCUT2D eigenvalue weighted by atomic mass is 10.0. The van der Waals surface area contributed by atoms with Gasteiger partial charge in [0.05, 0.1) is 12.1 Å². The van der Waals surface area contributed by atoms with E-state index in [1.165, 1.54) is 5.69 Å². The maximum Gasteiger partial charge on any atom is 0.252 e. The molecule has 176 valence electrons. The molecule has 0 bridgehead atoms. The lowest BCUT2D eigenvalue weighted by molar-refractivity contribution is -0.136. The highest BCUT2D eigenvalue weighted by molar-refractivity contribution is 5.99. The number of likely N-dealkylation sites (tertiary alicyclic amines) is 1. The molecule has 0 aromatic heterocycles. The van der Waals surface area contributed by atoms with E-state index < -0.39 is 11.1 Å². The minimum absolute atomic E-state index is 0.170. The molecule has 4 rings (SSSR count). The molecule has 2 aromatic rings. The van der Waals surface area contributed by atoms with Gasteiger partial charge in [-0.2, -0.15) is 0 Å². The molecule has 7 nitrogen and oxygen atoms in total. The van der Waals surface area contributed by atoms with E-state index in [-0.39, 0.29) is 18.4 Å². The molecule has 1 atom stereocenters. The summed E-state index contributed by atoms with van der Waals surface area (Å²) in [6.07, 6.45) is 0.542. The number of hydrogen-bond donors (Lipinski definition) is 2. The summed E-state index contributed by atoms with van der Waals surface area (Å²) in [6.45, 7) is 8.36. The number of piperazine rings is 1. The zero-order chi connectivity index (χ0) is 23.5. The number of amides is 2. The average molecular weight is 451 g/mol. The molecule has 2 saturated heterocycles. The summed E-state index contributed by atoms with van der Waals surface area (Å²) in [5.41, 5.74) is -0.233. The van der Waals surface area contributed by atoms with Crippen LogP contribution < -0.4 is 10.2 Å². The first kappa shape index (κ1) is 23.3. The Morgan fingerprint density at radius 1 is 0.939 bits per heavy atom. The molecule has 2 N–H and O–H groups in total. The summed E-state index contributed by atoms with van der Waals surface area (Å²) >= 11 is 0. The van der Waals surface area contributed by atoms with Crippen LogP contribution >= 0.6 is 0 Å². The van der Waals surface area contributed by atoms with Gasteiger partial charge >= 0.3 is 0 Å². The summed E-state index contributed by atoms with van der Waals surface area (Å²) < 4.78 is 0. The van der Waals surface area contributed by atoms with Crippen molar-refractivity contribution in [3.05, 3.63) is 66.2 Å². The van der Waals surface area contributed by atoms with Crippen molar-refractivity contribution in [2.24, 2.45) is 0 Å². The largest absolute Gasteiger partial charge is 0.387 e. The predicted octanol–water partition coefficient (Wildman–Crippen LogP) is 1.98. The molecular weight excluding hydrogens is 416 g/mol. The maximum absolute atomic E-state index is 13.2. The van der Waals surface area contributed by atoms with Gasteiger partial charge in [-0.25, -0.2) is 0 Å². The second-order valence-corrected chi connectivity index (χ2v) is 9.74. The third-order valence-corrected chi connectivity index (χ3v) is 6.63. The number of nitrogens with one attached hydrogen (secondary N) is 1. The normalized spacial score (nSPS) is 21.8. The monoisotopic (exact) mass is 450 g/mol. The van der Waals surface area contributed by atoms with Gasteiger partial charge < -0.3 is 20.2 Å². The Hall–Kier alpha value is -2.90. The smallest absolute Gasteiger partial charge is 0.252 e. The first-order chi connectivity index (χ1) is 15.8. The summed E-state index contributed by atoms with van der Waals surface area (Å²) in [7, 11) is 0. The van der Waals surface area contributed by atoms with E-state index in [4.69, 9.17) is 0 Å². The van der Waals surface area contributed by atoms with E-state index in [1.807, 2.05) is 12.1 Å². The Bertz CT molecular complexity index is 958. The van der Waals surface area contributed by atoms with Crippen LogP contribution in [-0.2, 0) is 4.79 Å². The fourth-order valence-corrected chi connectivity index (χ4v) is 4.77. The fraction of sp³-hybridized carbons (Fsp3) is 0.462. The molecule has 0 saturated carbocycles. The number of β-amino-alcohol motifs (C(OH)–C–C–N with tert-alkyl or cyclic N) is 1. The van der Waals surface area contributed by atoms with Crippen LogP contribution in [0, 0.1) is 0 Å². The molecule has 2 heterocycles. The maximum atomic E-state index is 13.2. The standard InChI is InChI=1S/C26H34N4O3/c1-25(2,27-23(31)21-9-5-3-6-10-21)24(32)30-14-13-26(33,20-30)19-28-15-17-29(18-16-28)22-11-7-4-8-12-22/h3-12,33H,13-20H2,1-2H3,(H,27,31)/t26-/m1/s1. The Labute approximate surface area is 196 Å². The summed E-state index contributed by atoms with van der Waals surface area (Å²) in [5.74, 6) is -0.448. The van der Waals surface area contributed by atoms with Gasteiger partial charge in [-0.15, -0.1) is 0 Å². The molecule has 2 fully saturated rings. The van der Waals surface area contributed by atoms with Crippen molar-refractivity contribution in [3.8, 4) is 0 Å². The van der Waals surface area contributed by atoms with Gasteiger partial charge in [0.25, 0.3) is 5.91 Å². The third-order valence-electron chi connectivity index (χ3n) is 6.63.